The Hall–Kier alpha value is -3.26. The number of aryl methyl sites for hydroxylation is 1. The lowest BCUT2D eigenvalue weighted by Gasteiger charge is -2.18. The van der Waals surface area contributed by atoms with Gasteiger partial charge < -0.3 is 14.8 Å². The van der Waals surface area contributed by atoms with Crippen molar-refractivity contribution >= 4 is 45.1 Å². The first kappa shape index (κ1) is 24.9. The number of anilines is 1. The second kappa shape index (κ2) is 10.6. The molecule has 0 fully saturated rings. The van der Waals surface area contributed by atoms with E-state index in [1.54, 1.807) is 6.92 Å². The number of rotatable bonds is 7. The van der Waals surface area contributed by atoms with Gasteiger partial charge in [-0.25, -0.2) is 9.59 Å². The molecule has 1 aliphatic carbocycles. The summed E-state index contributed by atoms with van der Waals surface area (Å²) in [7, 11) is 0. The molecule has 0 saturated heterocycles. The van der Waals surface area contributed by atoms with Crippen molar-refractivity contribution in [3.63, 3.8) is 0 Å². The number of thiophene rings is 1. The van der Waals surface area contributed by atoms with E-state index in [9.17, 15) is 14.4 Å². The molecule has 1 aromatic carbocycles. The van der Waals surface area contributed by atoms with E-state index in [0.29, 0.717) is 39.4 Å². The van der Waals surface area contributed by atoms with Crippen molar-refractivity contribution in [1.82, 2.24) is 4.98 Å². The third-order valence-electron chi connectivity index (χ3n) is 6.35. The lowest BCUT2D eigenvalue weighted by Crippen LogP contribution is -2.22. The van der Waals surface area contributed by atoms with E-state index >= 15 is 0 Å². The van der Waals surface area contributed by atoms with Crippen molar-refractivity contribution in [2.75, 3.05) is 18.5 Å². The number of esters is 2. The third kappa shape index (κ3) is 5.07. The number of ether oxygens (including phenoxy) is 2. The molecule has 0 saturated carbocycles. The van der Waals surface area contributed by atoms with Gasteiger partial charge in [-0.1, -0.05) is 32.0 Å². The molecule has 3 aromatic rings. The average molecular weight is 495 g/mol. The van der Waals surface area contributed by atoms with E-state index in [1.165, 1.54) is 11.3 Å². The molecular formula is C27H30N2O5S. The molecule has 1 atom stereocenters. The summed E-state index contributed by atoms with van der Waals surface area (Å²) in [5, 5.41) is 3.94. The maximum atomic E-state index is 13.1. The van der Waals surface area contributed by atoms with Crippen LogP contribution in [-0.4, -0.2) is 36.0 Å². The van der Waals surface area contributed by atoms with E-state index < -0.39 is 24.5 Å². The molecule has 0 radical (unpaired) electrons. The standard InChI is InChI=1S/C27H30N2O5S/c1-5-19-16(4)23(17-9-7-8-10-20(17)28-19)26(31)34-14-22(30)29-25-24(27(32)33-6-2)18-12-11-15(3)13-21(18)35-25/h7-10,15H,5-6,11-14H2,1-4H3,(H,29,30). The number of carbonyl (C=O) groups excluding carboxylic acids is 3. The van der Waals surface area contributed by atoms with Crippen LogP contribution in [0.4, 0.5) is 5.00 Å². The normalized spacial score (nSPS) is 14.9. The lowest BCUT2D eigenvalue weighted by atomic mass is 9.88. The molecule has 1 N–H and O–H groups in total. The molecule has 8 heteroatoms. The van der Waals surface area contributed by atoms with Crippen LogP contribution in [0.5, 0.6) is 0 Å². The number of amides is 1. The zero-order valence-corrected chi connectivity index (χ0v) is 21.3. The van der Waals surface area contributed by atoms with Gasteiger partial charge in [-0.15, -0.1) is 11.3 Å². The number of pyridine rings is 1. The molecule has 2 heterocycles. The fourth-order valence-electron chi connectivity index (χ4n) is 4.59. The number of benzene rings is 1. The number of hydrogen-bond donors (Lipinski definition) is 1. The average Bonchev–Trinajstić information content (AvgIpc) is 3.19. The largest absolute Gasteiger partial charge is 0.462 e. The topological polar surface area (TPSA) is 94.6 Å². The summed E-state index contributed by atoms with van der Waals surface area (Å²) in [5.74, 6) is -0.983. The van der Waals surface area contributed by atoms with E-state index in [4.69, 9.17) is 9.47 Å². The van der Waals surface area contributed by atoms with Gasteiger partial charge in [-0.3, -0.25) is 9.78 Å². The van der Waals surface area contributed by atoms with Crippen LogP contribution in [-0.2, 0) is 33.5 Å². The minimum absolute atomic E-state index is 0.254. The monoisotopic (exact) mass is 494 g/mol. The van der Waals surface area contributed by atoms with Crippen LogP contribution in [0, 0.1) is 12.8 Å². The van der Waals surface area contributed by atoms with Gasteiger partial charge in [-0.05, 0) is 62.6 Å². The van der Waals surface area contributed by atoms with Crippen LogP contribution < -0.4 is 5.32 Å². The summed E-state index contributed by atoms with van der Waals surface area (Å²) in [6.45, 7) is 7.55. The number of para-hydroxylation sites is 1. The van der Waals surface area contributed by atoms with Gasteiger partial charge in [0.15, 0.2) is 6.61 Å². The predicted molar refractivity (Wildman–Crippen MR) is 136 cm³/mol. The highest BCUT2D eigenvalue weighted by Crippen LogP contribution is 2.40. The molecule has 1 aliphatic rings. The van der Waals surface area contributed by atoms with Crippen molar-refractivity contribution in [1.29, 1.82) is 0 Å². The first-order chi connectivity index (χ1) is 16.8. The number of aromatic nitrogens is 1. The van der Waals surface area contributed by atoms with Crippen molar-refractivity contribution in [3.05, 3.63) is 57.1 Å². The Balaban J connectivity index is 1.53. The van der Waals surface area contributed by atoms with Gasteiger partial charge in [0, 0.05) is 16.0 Å². The Morgan fingerprint density at radius 3 is 2.60 bits per heavy atom. The molecule has 0 spiro atoms. The quantitative estimate of drug-likeness (QED) is 0.450. The molecule has 0 aliphatic heterocycles. The zero-order valence-electron chi connectivity index (χ0n) is 20.5. The summed E-state index contributed by atoms with van der Waals surface area (Å²) in [4.78, 5) is 44.3. The molecule has 184 valence electrons. The maximum Gasteiger partial charge on any atom is 0.341 e. The molecule has 4 rings (SSSR count). The Morgan fingerprint density at radius 1 is 1.11 bits per heavy atom. The smallest absolute Gasteiger partial charge is 0.341 e. The summed E-state index contributed by atoms with van der Waals surface area (Å²) in [5.41, 5.74) is 4.10. The number of hydrogen-bond acceptors (Lipinski definition) is 7. The Morgan fingerprint density at radius 2 is 1.86 bits per heavy atom. The molecule has 0 bridgehead atoms. The maximum absolute atomic E-state index is 13.1. The molecule has 2 aromatic heterocycles. The van der Waals surface area contributed by atoms with Crippen molar-refractivity contribution in [2.24, 2.45) is 5.92 Å². The van der Waals surface area contributed by atoms with Gasteiger partial charge >= 0.3 is 11.9 Å². The van der Waals surface area contributed by atoms with Crippen molar-refractivity contribution < 1.29 is 23.9 Å². The highest BCUT2D eigenvalue weighted by Gasteiger charge is 2.29. The first-order valence-corrected chi connectivity index (χ1v) is 12.8. The summed E-state index contributed by atoms with van der Waals surface area (Å²) in [6.07, 6.45) is 3.31. The fraction of sp³-hybridized carbons (Fsp3) is 0.407. The van der Waals surface area contributed by atoms with E-state index in [0.717, 1.165) is 41.0 Å². The van der Waals surface area contributed by atoms with E-state index in [1.807, 2.05) is 38.1 Å². The van der Waals surface area contributed by atoms with Crippen molar-refractivity contribution in [3.8, 4) is 0 Å². The number of carbonyl (C=O) groups is 3. The Bertz CT molecular complexity index is 1300. The predicted octanol–water partition coefficient (Wildman–Crippen LogP) is 5.26. The Kier molecular flexibility index (Phi) is 7.50. The molecule has 1 unspecified atom stereocenters. The third-order valence-corrected chi connectivity index (χ3v) is 7.52. The van der Waals surface area contributed by atoms with Crippen LogP contribution in [0.15, 0.2) is 24.3 Å². The van der Waals surface area contributed by atoms with Crippen LogP contribution in [0.2, 0.25) is 0 Å². The second-order valence-electron chi connectivity index (χ2n) is 8.83. The summed E-state index contributed by atoms with van der Waals surface area (Å²) in [6, 6.07) is 7.39. The van der Waals surface area contributed by atoms with Crippen LogP contribution >= 0.6 is 11.3 Å². The second-order valence-corrected chi connectivity index (χ2v) is 9.94. The molecule has 35 heavy (non-hydrogen) atoms. The number of fused-ring (bicyclic) bond motifs is 2. The van der Waals surface area contributed by atoms with Gasteiger partial charge in [-0.2, -0.15) is 0 Å². The lowest BCUT2D eigenvalue weighted by molar-refractivity contribution is -0.119. The fourth-order valence-corrected chi connectivity index (χ4v) is 6.00. The first-order valence-electron chi connectivity index (χ1n) is 12.0. The van der Waals surface area contributed by atoms with Crippen LogP contribution in [0.1, 0.15) is 69.6 Å². The SMILES string of the molecule is CCOC(=O)c1c(NC(=O)COC(=O)c2c(C)c(CC)nc3ccccc23)sc2c1CCC(C)C2. The minimum Gasteiger partial charge on any atom is -0.462 e. The van der Waals surface area contributed by atoms with Crippen molar-refractivity contribution in [2.45, 2.75) is 53.4 Å². The van der Waals surface area contributed by atoms with E-state index in [-0.39, 0.29) is 6.61 Å². The van der Waals surface area contributed by atoms with E-state index in [2.05, 4.69) is 17.2 Å². The number of nitrogens with zero attached hydrogens (tertiary/aromatic N) is 1. The highest BCUT2D eigenvalue weighted by atomic mass is 32.1. The van der Waals surface area contributed by atoms with Gasteiger partial charge in [0.1, 0.15) is 5.00 Å². The van der Waals surface area contributed by atoms with Gasteiger partial charge in [0.25, 0.3) is 5.91 Å². The van der Waals surface area contributed by atoms with Gasteiger partial charge in [0.05, 0.1) is 23.3 Å². The minimum atomic E-state index is -0.573. The van der Waals surface area contributed by atoms with Gasteiger partial charge in [0.2, 0.25) is 0 Å². The van der Waals surface area contributed by atoms with Crippen LogP contribution in [0.25, 0.3) is 10.9 Å². The molecule has 7 nitrogen and oxygen atoms in total. The zero-order chi connectivity index (χ0) is 25.1. The summed E-state index contributed by atoms with van der Waals surface area (Å²) < 4.78 is 10.7. The van der Waals surface area contributed by atoms with Crippen LogP contribution in [0.3, 0.4) is 0 Å². The summed E-state index contributed by atoms with van der Waals surface area (Å²) >= 11 is 1.41. The number of nitrogens with one attached hydrogen (secondary N) is 1. The highest BCUT2D eigenvalue weighted by molar-refractivity contribution is 7.17. The molecular weight excluding hydrogens is 464 g/mol. The Labute approximate surface area is 208 Å². The molecule has 1 amide bonds.